The molecule has 10 heteroatoms. The second-order valence-electron chi connectivity index (χ2n) is 9.25. The molecule has 4 rings (SSSR count). The molecule has 2 amide bonds. The Kier molecular flexibility index (Phi) is 8.43. The van der Waals surface area contributed by atoms with E-state index < -0.39 is 16.1 Å². The van der Waals surface area contributed by atoms with Gasteiger partial charge in [0, 0.05) is 29.1 Å². The standard InChI is InChI=1S/C28H30N4O4S2/c1-4-29-28(34)31-38(35,36)27-25(15-24(37-27)14-19(2)3)21-12-10-20(11-13-21)17-32-23(18-33)16-30-26(32)22-8-6-5-7-9-22/h5-13,15-16,18-19H,4,14,17H2,1-3H3,(H2,29,31,34). The third kappa shape index (κ3) is 6.20. The highest BCUT2D eigenvalue weighted by atomic mass is 32.2. The normalized spacial score (nSPS) is 11.5. The molecule has 0 saturated heterocycles. The number of nitrogens with one attached hydrogen (secondary N) is 2. The Morgan fingerprint density at radius 2 is 1.79 bits per heavy atom. The first kappa shape index (κ1) is 27.3. The number of carbonyl (C=O) groups excluding carboxylic acids is 2. The SMILES string of the molecule is CCNC(=O)NS(=O)(=O)c1sc(CC(C)C)cc1-c1ccc(Cn2c(C=O)cnc2-c2ccccc2)cc1. The number of sulfonamides is 1. The molecule has 2 heterocycles. The van der Waals surface area contributed by atoms with Crippen LogP contribution < -0.4 is 10.0 Å². The van der Waals surface area contributed by atoms with Crippen LogP contribution >= 0.6 is 11.3 Å². The van der Waals surface area contributed by atoms with Gasteiger partial charge in [0.2, 0.25) is 0 Å². The monoisotopic (exact) mass is 550 g/mol. The van der Waals surface area contributed by atoms with Gasteiger partial charge in [-0.25, -0.2) is 22.9 Å². The van der Waals surface area contributed by atoms with Crippen molar-refractivity contribution in [3.63, 3.8) is 0 Å². The number of aromatic nitrogens is 2. The number of aldehydes is 1. The van der Waals surface area contributed by atoms with Crippen LogP contribution in [0.25, 0.3) is 22.5 Å². The maximum absolute atomic E-state index is 13.1. The fraction of sp³-hybridized carbons (Fsp3) is 0.250. The summed E-state index contributed by atoms with van der Waals surface area (Å²) in [5.74, 6) is 1.04. The molecular formula is C28H30N4O4S2. The van der Waals surface area contributed by atoms with E-state index in [4.69, 9.17) is 0 Å². The highest BCUT2D eigenvalue weighted by Gasteiger charge is 2.25. The zero-order chi connectivity index (χ0) is 27.3. The number of carbonyl (C=O) groups is 2. The van der Waals surface area contributed by atoms with Gasteiger partial charge >= 0.3 is 6.03 Å². The van der Waals surface area contributed by atoms with Crippen LogP contribution in [-0.4, -0.2) is 36.8 Å². The van der Waals surface area contributed by atoms with E-state index in [0.29, 0.717) is 36.1 Å². The van der Waals surface area contributed by atoms with Crippen molar-refractivity contribution >= 4 is 33.7 Å². The zero-order valence-electron chi connectivity index (χ0n) is 21.5. The zero-order valence-corrected chi connectivity index (χ0v) is 23.1. The molecule has 2 N–H and O–H groups in total. The lowest BCUT2D eigenvalue weighted by Crippen LogP contribution is -2.39. The highest BCUT2D eigenvalue weighted by Crippen LogP contribution is 2.36. The molecular weight excluding hydrogens is 520 g/mol. The number of nitrogens with zero attached hydrogens (tertiary/aromatic N) is 2. The smallest absolute Gasteiger partial charge is 0.328 e. The maximum atomic E-state index is 13.1. The van der Waals surface area contributed by atoms with E-state index in [-0.39, 0.29) is 4.21 Å². The molecule has 0 atom stereocenters. The van der Waals surface area contributed by atoms with Gasteiger partial charge in [0.05, 0.1) is 6.20 Å². The first-order chi connectivity index (χ1) is 18.2. The third-order valence-electron chi connectivity index (χ3n) is 5.81. The Labute approximate surface area is 226 Å². The van der Waals surface area contributed by atoms with E-state index in [0.717, 1.165) is 34.3 Å². The van der Waals surface area contributed by atoms with E-state index in [1.165, 1.54) is 11.3 Å². The van der Waals surface area contributed by atoms with Gasteiger partial charge in [0.1, 0.15) is 15.7 Å². The third-order valence-corrected chi connectivity index (χ3v) is 8.83. The minimum absolute atomic E-state index is 0.108. The fourth-order valence-corrected chi connectivity index (χ4v) is 7.01. The highest BCUT2D eigenvalue weighted by molar-refractivity contribution is 7.92. The number of imidazole rings is 1. The van der Waals surface area contributed by atoms with Crippen LogP contribution in [0.3, 0.4) is 0 Å². The maximum Gasteiger partial charge on any atom is 0.328 e. The summed E-state index contributed by atoms with van der Waals surface area (Å²) in [6, 6.07) is 18.3. The molecule has 2 aromatic carbocycles. The van der Waals surface area contributed by atoms with Crippen LogP contribution in [0.5, 0.6) is 0 Å². The Hall–Kier alpha value is -3.76. The second kappa shape index (κ2) is 11.7. The molecule has 0 bridgehead atoms. The molecule has 0 aliphatic rings. The van der Waals surface area contributed by atoms with Crippen molar-refractivity contribution in [2.45, 2.75) is 37.9 Å². The molecule has 2 aromatic heterocycles. The molecule has 0 aliphatic carbocycles. The van der Waals surface area contributed by atoms with E-state index in [1.807, 2.05) is 65.2 Å². The summed E-state index contributed by atoms with van der Waals surface area (Å²) in [6.45, 7) is 6.60. The number of thiophene rings is 1. The summed E-state index contributed by atoms with van der Waals surface area (Å²) in [4.78, 5) is 29.1. The molecule has 38 heavy (non-hydrogen) atoms. The summed E-state index contributed by atoms with van der Waals surface area (Å²) < 4.78 is 30.3. The van der Waals surface area contributed by atoms with Crippen LogP contribution in [-0.2, 0) is 23.0 Å². The Morgan fingerprint density at radius 1 is 1.08 bits per heavy atom. The average molecular weight is 551 g/mol. The Morgan fingerprint density at radius 3 is 2.42 bits per heavy atom. The lowest BCUT2D eigenvalue weighted by molar-refractivity contribution is 0.111. The molecule has 198 valence electrons. The second-order valence-corrected chi connectivity index (χ2v) is 12.3. The number of rotatable bonds is 10. The Balaban J connectivity index is 1.67. The van der Waals surface area contributed by atoms with Gasteiger partial charge in [-0.15, -0.1) is 11.3 Å². The van der Waals surface area contributed by atoms with Crippen LogP contribution in [0, 0.1) is 5.92 Å². The van der Waals surface area contributed by atoms with Crippen molar-refractivity contribution in [2.75, 3.05) is 6.54 Å². The predicted molar refractivity (Wildman–Crippen MR) is 150 cm³/mol. The first-order valence-electron chi connectivity index (χ1n) is 12.3. The molecule has 0 spiro atoms. The lowest BCUT2D eigenvalue weighted by Gasteiger charge is -2.11. The minimum atomic E-state index is -4.07. The minimum Gasteiger partial charge on any atom is -0.338 e. The molecule has 0 fully saturated rings. The topological polar surface area (TPSA) is 110 Å². The molecule has 0 radical (unpaired) electrons. The number of amides is 2. The number of urea groups is 1. The first-order valence-corrected chi connectivity index (χ1v) is 14.6. The van der Waals surface area contributed by atoms with Crippen LogP contribution in [0.4, 0.5) is 4.79 Å². The van der Waals surface area contributed by atoms with Gasteiger partial charge < -0.3 is 9.88 Å². The van der Waals surface area contributed by atoms with Gasteiger partial charge in [0.15, 0.2) is 6.29 Å². The summed E-state index contributed by atoms with van der Waals surface area (Å²) in [6.07, 6.45) is 3.07. The van der Waals surface area contributed by atoms with Crippen LogP contribution in [0.1, 0.15) is 41.7 Å². The Bertz CT molecular complexity index is 1520. The van der Waals surface area contributed by atoms with Gasteiger partial charge in [-0.3, -0.25) is 4.79 Å². The summed E-state index contributed by atoms with van der Waals surface area (Å²) in [5.41, 5.74) is 3.57. The largest absolute Gasteiger partial charge is 0.338 e. The van der Waals surface area contributed by atoms with Crippen LogP contribution in [0.2, 0.25) is 0 Å². The number of hydrogen-bond donors (Lipinski definition) is 2. The summed E-state index contributed by atoms with van der Waals surface area (Å²) in [7, 11) is -4.07. The van der Waals surface area contributed by atoms with Gasteiger partial charge in [0.25, 0.3) is 10.0 Å². The molecule has 0 unspecified atom stereocenters. The van der Waals surface area contributed by atoms with Gasteiger partial charge in [-0.1, -0.05) is 68.4 Å². The average Bonchev–Trinajstić information content (AvgIpc) is 3.49. The van der Waals surface area contributed by atoms with E-state index in [2.05, 4.69) is 28.9 Å². The van der Waals surface area contributed by atoms with Crippen LogP contribution in [0.15, 0.2) is 71.1 Å². The summed E-state index contributed by atoms with van der Waals surface area (Å²) in [5, 5.41) is 2.47. The van der Waals surface area contributed by atoms with Crippen molar-refractivity contribution in [3.05, 3.63) is 83.0 Å². The molecule has 4 aromatic rings. The van der Waals surface area contributed by atoms with Crippen molar-refractivity contribution in [1.82, 2.24) is 19.6 Å². The predicted octanol–water partition coefficient (Wildman–Crippen LogP) is 5.35. The molecule has 0 aliphatic heterocycles. The number of hydrogen-bond acceptors (Lipinski definition) is 6. The molecule has 8 nitrogen and oxygen atoms in total. The fourth-order valence-electron chi connectivity index (χ4n) is 4.13. The van der Waals surface area contributed by atoms with Crippen molar-refractivity contribution in [1.29, 1.82) is 0 Å². The van der Waals surface area contributed by atoms with E-state index in [9.17, 15) is 18.0 Å². The van der Waals surface area contributed by atoms with E-state index >= 15 is 0 Å². The lowest BCUT2D eigenvalue weighted by atomic mass is 10.0. The van der Waals surface area contributed by atoms with Crippen molar-refractivity contribution < 1.29 is 18.0 Å². The van der Waals surface area contributed by atoms with E-state index in [1.54, 1.807) is 13.1 Å². The number of benzene rings is 2. The van der Waals surface area contributed by atoms with Crippen molar-refractivity contribution in [2.24, 2.45) is 5.92 Å². The molecule has 0 saturated carbocycles. The quantitative estimate of drug-likeness (QED) is 0.259. The summed E-state index contributed by atoms with van der Waals surface area (Å²) >= 11 is 1.18. The van der Waals surface area contributed by atoms with Gasteiger partial charge in [-0.2, -0.15) is 0 Å². The van der Waals surface area contributed by atoms with Crippen molar-refractivity contribution in [3.8, 4) is 22.5 Å². The van der Waals surface area contributed by atoms with Gasteiger partial charge in [-0.05, 0) is 36.5 Å².